The summed E-state index contributed by atoms with van der Waals surface area (Å²) in [6.45, 7) is 0. The molecule has 0 spiro atoms. The van der Waals surface area contributed by atoms with Crippen molar-refractivity contribution < 1.29 is 4.42 Å². The maximum Gasteiger partial charge on any atom is 0.136 e. The molecule has 300 valence electrons. The van der Waals surface area contributed by atoms with Gasteiger partial charge in [-0.25, -0.2) is 0 Å². The number of fused-ring (bicyclic) bond motifs is 5. The van der Waals surface area contributed by atoms with Crippen LogP contribution >= 0.6 is 0 Å². The van der Waals surface area contributed by atoms with Gasteiger partial charge in [-0.05, 0) is 132 Å². The average molecular weight is 816 g/mol. The third kappa shape index (κ3) is 6.61. The fourth-order valence-electron chi connectivity index (χ4n) is 9.61. The van der Waals surface area contributed by atoms with Gasteiger partial charge in [-0.15, -0.1) is 0 Å². The average Bonchev–Trinajstić information content (AvgIpc) is 3.75. The molecule has 12 aromatic rings. The molecule has 0 aliphatic rings. The van der Waals surface area contributed by atoms with Gasteiger partial charge in [0, 0.05) is 27.8 Å². The maximum absolute atomic E-state index is 6.60. The van der Waals surface area contributed by atoms with E-state index in [1.165, 1.54) is 54.9 Å². The zero-order chi connectivity index (χ0) is 42.4. The molecule has 1 aromatic heterocycles. The molecule has 0 radical (unpaired) electrons. The molecule has 0 bridgehead atoms. The zero-order valence-electron chi connectivity index (χ0n) is 35.0. The predicted octanol–water partition coefficient (Wildman–Crippen LogP) is 17.7. The van der Waals surface area contributed by atoms with Crippen molar-refractivity contribution in [3.8, 4) is 55.6 Å². The number of benzene rings is 11. The summed E-state index contributed by atoms with van der Waals surface area (Å²) in [7, 11) is 0. The number of para-hydroxylation sites is 1. The highest BCUT2D eigenvalue weighted by atomic mass is 16.3. The van der Waals surface area contributed by atoms with Crippen LogP contribution in [-0.4, -0.2) is 0 Å². The van der Waals surface area contributed by atoms with Crippen molar-refractivity contribution in [1.82, 2.24) is 0 Å². The molecular formula is C62H41NO. The van der Waals surface area contributed by atoms with Crippen molar-refractivity contribution in [2.24, 2.45) is 0 Å². The van der Waals surface area contributed by atoms with Gasteiger partial charge < -0.3 is 9.32 Å². The van der Waals surface area contributed by atoms with Crippen LogP contribution in [0.25, 0.3) is 99.1 Å². The molecule has 0 unspecified atom stereocenters. The monoisotopic (exact) mass is 815 g/mol. The van der Waals surface area contributed by atoms with E-state index in [1.54, 1.807) is 0 Å². The van der Waals surface area contributed by atoms with Gasteiger partial charge in [0.2, 0.25) is 0 Å². The van der Waals surface area contributed by atoms with E-state index in [-0.39, 0.29) is 0 Å². The lowest BCUT2D eigenvalue weighted by Gasteiger charge is -2.29. The van der Waals surface area contributed by atoms with Crippen LogP contribution in [0.4, 0.5) is 17.1 Å². The number of hydrogen-bond donors (Lipinski definition) is 0. The van der Waals surface area contributed by atoms with Gasteiger partial charge in [0.15, 0.2) is 0 Å². The number of rotatable bonds is 8. The first-order valence-electron chi connectivity index (χ1n) is 21.9. The van der Waals surface area contributed by atoms with Crippen LogP contribution in [0.3, 0.4) is 0 Å². The quantitative estimate of drug-likeness (QED) is 0.152. The first-order chi connectivity index (χ1) is 31.7. The van der Waals surface area contributed by atoms with Crippen LogP contribution in [-0.2, 0) is 0 Å². The summed E-state index contributed by atoms with van der Waals surface area (Å²) in [6.07, 6.45) is 0. The SMILES string of the molecule is c1ccc(-c2ccc(N(c3ccc(-c4ccccc4)cc3)c3cc(-c4cccc5ccccc45)c(-c4ccc5c(c4)oc4ccccc45)c(-c4cccc5ccccc45)c3)cc2)cc1. The summed E-state index contributed by atoms with van der Waals surface area (Å²) < 4.78 is 6.60. The van der Waals surface area contributed by atoms with E-state index in [0.717, 1.165) is 61.3 Å². The molecule has 0 saturated heterocycles. The topological polar surface area (TPSA) is 16.4 Å². The molecule has 12 rings (SSSR count). The van der Waals surface area contributed by atoms with Crippen LogP contribution in [0.2, 0.25) is 0 Å². The van der Waals surface area contributed by atoms with Crippen LogP contribution < -0.4 is 4.90 Å². The van der Waals surface area contributed by atoms with Gasteiger partial charge in [0.25, 0.3) is 0 Å². The summed E-state index contributed by atoms with van der Waals surface area (Å²) in [5.74, 6) is 0. The van der Waals surface area contributed by atoms with E-state index in [9.17, 15) is 0 Å². The fraction of sp³-hybridized carbons (Fsp3) is 0. The number of hydrogen-bond acceptors (Lipinski definition) is 2. The second-order valence-electron chi connectivity index (χ2n) is 16.4. The molecule has 0 atom stereocenters. The van der Waals surface area contributed by atoms with Gasteiger partial charge in [-0.2, -0.15) is 0 Å². The summed E-state index contributed by atoms with van der Waals surface area (Å²) in [4.78, 5) is 2.42. The number of anilines is 3. The van der Waals surface area contributed by atoms with Gasteiger partial charge in [-0.3, -0.25) is 0 Å². The van der Waals surface area contributed by atoms with E-state index in [4.69, 9.17) is 4.42 Å². The molecule has 2 nitrogen and oxygen atoms in total. The number of furan rings is 1. The Hall–Kier alpha value is -8.46. The Morgan fingerprint density at radius 2 is 0.672 bits per heavy atom. The van der Waals surface area contributed by atoms with Crippen molar-refractivity contribution >= 4 is 60.5 Å². The Morgan fingerprint density at radius 3 is 1.22 bits per heavy atom. The standard InChI is InChI=1S/C62H41NO/c1-3-15-42(16-4-1)44-29-34-49(35-30-44)63(50-36-31-45(32-37-50)43-17-5-2-6-18-43)51-40-58(54-26-13-21-46-19-7-9-23-52(46)54)62(59(41-51)55-27-14-22-47-20-8-10-24-53(47)55)48-33-38-57-56-25-11-12-28-60(56)64-61(57)39-48/h1-41H. The highest BCUT2D eigenvalue weighted by molar-refractivity contribution is 6.11. The van der Waals surface area contributed by atoms with Crippen molar-refractivity contribution in [1.29, 1.82) is 0 Å². The molecule has 0 saturated carbocycles. The largest absolute Gasteiger partial charge is 0.456 e. The summed E-state index contributed by atoms with van der Waals surface area (Å²) in [5, 5.41) is 7.01. The summed E-state index contributed by atoms with van der Waals surface area (Å²) in [5.41, 5.74) is 16.5. The van der Waals surface area contributed by atoms with Crippen LogP contribution in [0, 0.1) is 0 Å². The van der Waals surface area contributed by atoms with Crippen LogP contribution in [0.1, 0.15) is 0 Å². The van der Waals surface area contributed by atoms with E-state index in [2.05, 4.69) is 248 Å². The van der Waals surface area contributed by atoms with E-state index < -0.39 is 0 Å². The number of nitrogens with zero attached hydrogens (tertiary/aromatic N) is 1. The summed E-state index contributed by atoms with van der Waals surface area (Å²) in [6, 6.07) is 89.9. The molecule has 0 aliphatic carbocycles. The first kappa shape index (κ1) is 37.3. The second kappa shape index (κ2) is 15.8. The zero-order valence-corrected chi connectivity index (χ0v) is 35.0. The molecule has 64 heavy (non-hydrogen) atoms. The fourth-order valence-corrected chi connectivity index (χ4v) is 9.61. The first-order valence-corrected chi connectivity index (χ1v) is 21.9. The lowest BCUT2D eigenvalue weighted by Crippen LogP contribution is -2.11. The highest BCUT2D eigenvalue weighted by Crippen LogP contribution is 2.49. The minimum absolute atomic E-state index is 0.870. The van der Waals surface area contributed by atoms with E-state index in [1.807, 2.05) is 6.07 Å². The van der Waals surface area contributed by atoms with Gasteiger partial charge in [-0.1, -0.05) is 194 Å². The molecule has 0 N–H and O–H groups in total. The van der Waals surface area contributed by atoms with Gasteiger partial charge >= 0.3 is 0 Å². The maximum atomic E-state index is 6.60. The summed E-state index contributed by atoms with van der Waals surface area (Å²) >= 11 is 0. The molecule has 2 heteroatoms. The lowest BCUT2D eigenvalue weighted by atomic mass is 9.84. The Kier molecular flexibility index (Phi) is 9.20. The van der Waals surface area contributed by atoms with Crippen LogP contribution in [0.15, 0.2) is 253 Å². The molecule has 11 aromatic carbocycles. The van der Waals surface area contributed by atoms with Crippen molar-refractivity contribution in [3.63, 3.8) is 0 Å². The van der Waals surface area contributed by atoms with Crippen LogP contribution in [0.5, 0.6) is 0 Å². The normalized spacial score (nSPS) is 11.4. The highest BCUT2D eigenvalue weighted by Gasteiger charge is 2.24. The smallest absolute Gasteiger partial charge is 0.136 e. The van der Waals surface area contributed by atoms with Crippen molar-refractivity contribution in [2.75, 3.05) is 4.90 Å². The van der Waals surface area contributed by atoms with Crippen molar-refractivity contribution in [3.05, 3.63) is 249 Å². The van der Waals surface area contributed by atoms with Gasteiger partial charge in [0.05, 0.1) is 0 Å². The third-order valence-electron chi connectivity index (χ3n) is 12.7. The van der Waals surface area contributed by atoms with Gasteiger partial charge in [0.1, 0.15) is 11.2 Å². The minimum atomic E-state index is 0.870. The predicted molar refractivity (Wildman–Crippen MR) is 271 cm³/mol. The molecule has 1 heterocycles. The Bertz CT molecular complexity index is 3450. The molecule has 0 fully saturated rings. The molecular weight excluding hydrogens is 775 g/mol. The third-order valence-corrected chi connectivity index (χ3v) is 12.7. The second-order valence-corrected chi connectivity index (χ2v) is 16.4. The lowest BCUT2D eigenvalue weighted by molar-refractivity contribution is 0.669. The Morgan fingerprint density at radius 1 is 0.250 bits per heavy atom. The van der Waals surface area contributed by atoms with E-state index >= 15 is 0 Å². The Balaban J connectivity index is 1.17. The minimum Gasteiger partial charge on any atom is -0.456 e. The molecule has 0 aliphatic heterocycles. The van der Waals surface area contributed by atoms with Crippen molar-refractivity contribution in [2.45, 2.75) is 0 Å². The van der Waals surface area contributed by atoms with E-state index in [0.29, 0.717) is 0 Å². The molecule has 0 amide bonds. The Labute approximate surface area is 372 Å².